The van der Waals surface area contributed by atoms with Crippen LogP contribution in [0.15, 0.2) is 84.3 Å². The van der Waals surface area contributed by atoms with E-state index in [2.05, 4.69) is 9.97 Å². The standard InChI is InChI=1S/C19H19N3O2S/c23-25(24,19-9-5-12-21-15-19)22(16-18-8-4-11-20-14-18)13-10-17-6-2-1-3-7-17/h1-9,11-12,14-15H,10,13,16H2. The fourth-order valence-electron chi connectivity index (χ4n) is 2.53. The molecule has 0 fully saturated rings. The summed E-state index contributed by atoms with van der Waals surface area (Å²) in [5.74, 6) is 0. The second-order valence-corrected chi connectivity index (χ2v) is 7.56. The van der Waals surface area contributed by atoms with Crippen molar-refractivity contribution >= 4 is 10.0 Å². The molecule has 0 saturated heterocycles. The van der Waals surface area contributed by atoms with Crippen molar-refractivity contribution in [3.63, 3.8) is 0 Å². The van der Waals surface area contributed by atoms with Crippen LogP contribution < -0.4 is 0 Å². The van der Waals surface area contributed by atoms with Gasteiger partial charge in [0.15, 0.2) is 0 Å². The number of hydrogen-bond acceptors (Lipinski definition) is 4. The lowest BCUT2D eigenvalue weighted by Crippen LogP contribution is -2.32. The molecule has 128 valence electrons. The molecule has 0 aliphatic heterocycles. The van der Waals surface area contributed by atoms with Crippen molar-refractivity contribution < 1.29 is 8.42 Å². The zero-order chi connectivity index (χ0) is 17.5. The van der Waals surface area contributed by atoms with E-state index in [0.717, 1.165) is 11.1 Å². The topological polar surface area (TPSA) is 63.2 Å². The predicted octanol–water partition coefficient (Wildman–Crippen LogP) is 2.91. The van der Waals surface area contributed by atoms with Gasteiger partial charge < -0.3 is 0 Å². The number of rotatable bonds is 7. The van der Waals surface area contributed by atoms with Gasteiger partial charge in [0, 0.05) is 37.9 Å². The van der Waals surface area contributed by atoms with Crippen molar-refractivity contribution in [1.29, 1.82) is 0 Å². The smallest absolute Gasteiger partial charge is 0.244 e. The summed E-state index contributed by atoms with van der Waals surface area (Å²) >= 11 is 0. The van der Waals surface area contributed by atoms with Crippen LogP contribution in [0.5, 0.6) is 0 Å². The highest BCUT2D eigenvalue weighted by molar-refractivity contribution is 7.89. The first-order valence-electron chi connectivity index (χ1n) is 7.99. The van der Waals surface area contributed by atoms with Gasteiger partial charge in [0.1, 0.15) is 4.90 Å². The van der Waals surface area contributed by atoms with Crippen LogP contribution in [0.4, 0.5) is 0 Å². The van der Waals surface area contributed by atoms with Gasteiger partial charge in [-0.1, -0.05) is 36.4 Å². The van der Waals surface area contributed by atoms with Crippen molar-refractivity contribution in [3.05, 3.63) is 90.5 Å². The molecule has 5 nitrogen and oxygen atoms in total. The summed E-state index contributed by atoms with van der Waals surface area (Å²) in [6.07, 6.45) is 6.95. The Kier molecular flexibility index (Phi) is 5.53. The lowest BCUT2D eigenvalue weighted by Gasteiger charge is -2.22. The van der Waals surface area contributed by atoms with Gasteiger partial charge in [-0.25, -0.2) is 8.42 Å². The van der Waals surface area contributed by atoms with Crippen LogP contribution in [0, 0.1) is 0 Å². The number of aromatic nitrogens is 2. The maximum Gasteiger partial charge on any atom is 0.244 e. The predicted molar refractivity (Wildman–Crippen MR) is 96.2 cm³/mol. The number of benzene rings is 1. The molecule has 0 unspecified atom stereocenters. The maximum absolute atomic E-state index is 13.0. The highest BCUT2D eigenvalue weighted by Gasteiger charge is 2.24. The Morgan fingerprint density at radius 2 is 1.48 bits per heavy atom. The summed E-state index contributed by atoms with van der Waals surface area (Å²) in [5.41, 5.74) is 1.95. The van der Waals surface area contributed by atoms with Crippen LogP contribution in [0.3, 0.4) is 0 Å². The van der Waals surface area contributed by atoms with Crippen molar-refractivity contribution in [2.24, 2.45) is 0 Å². The molecule has 2 aromatic heterocycles. The first-order valence-corrected chi connectivity index (χ1v) is 9.43. The third-order valence-corrected chi connectivity index (χ3v) is 5.68. The minimum atomic E-state index is -3.63. The molecule has 0 saturated carbocycles. The largest absolute Gasteiger partial charge is 0.264 e. The van der Waals surface area contributed by atoms with E-state index in [9.17, 15) is 8.42 Å². The summed E-state index contributed by atoms with van der Waals surface area (Å²) in [5, 5.41) is 0. The molecule has 0 aliphatic rings. The molecule has 3 aromatic rings. The summed E-state index contributed by atoms with van der Waals surface area (Å²) < 4.78 is 27.5. The molecular weight excluding hydrogens is 334 g/mol. The van der Waals surface area contributed by atoms with E-state index < -0.39 is 10.0 Å². The van der Waals surface area contributed by atoms with E-state index in [-0.39, 0.29) is 11.4 Å². The first-order chi connectivity index (χ1) is 12.2. The minimum absolute atomic E-state index is 0.201. The Morgan fingerprint density at radius 1 is 0.800 bits per heavy atom. The number of pyridine rings is 2. The fraction of sp³-hybridized carbons (Fsp3) is 0.158. The van der Waals surface area contributed by atoms with Gasteiger partial charge in [-0.05, 0) is 35.7 Å². The minimum Gasteiger partial charge on any atom is -0.264 e. The molecule has 2 heterocycles. The molecular formula is C19H19N3O2S. The Balaban J connectivity index is 1.86. The lowest BCUT2D eigenvalue weighted by molar-refractivity contribution is 0.409. The van der Waals surface area contributed by atoms with Gasteiger partial charge in [0.2, 0.25) is 10.0 Å². The third kappa shape index (κ3) is 4.49. The molecule has 0 radical (unpaired) electrons. The van der Waals surface area contributed by atoms with Crippen molar-refractivity contribution in [3.8, 4) is 0 Å². The van der Waals surface area contributed by atoms with Gasteiger partial charge in [0.05, 0.1) is 0 Å². The zero-order valence-corrected chi connectivity index (χ0v) is 14.5. The first kappa shape index (κ1) is 17.3. The highest BCUT2D eigenvalue weighted by atomic mass is 32.2. The Bertz CT molecular complexity index is 886. The normalized spacial score (nSPS) is 11.6. The second kappa shape index (κ2) is 8.00. The third-order valence-electron chi connectivity index (χ3n) is 3.85. The average molecular weight is 353 g/mol. The van der Waals surface area contributed by atoms with Crippen LogP contribution in [0.1, 0.15) is 11.1 Å². The Labute approximate surface area is 148 Å². The maximum atomic E-state index is 13.0. The molecule has 3 rings (SSSR count). The fourth-order valence-corrected chi connectivity index (χ4v) is 3.92. The summed E-state index contributed by atoms with van der Waals surface area (Å²) in [7, 11) is -3.63. The number of nitrogens with zero attached hydrogens (tertiary/aromatic N) is 3. The van der Waals surface area contributed by atoms with Gasteiger partial charge >= 0.3 is 0 Å². The Hall–Kier alpha value is -2.57. The monoisotopic (exact) mass is 353 g/mol. The van der Waals surface area contributed by atoms with Crippen LogP contribution in [0.25, 0.3) is 0 Å². The summed E-state index contributed by atoms with van der Waals surface area (Å²) in [4.78, 5) is 8.22. The molecule has 0 N–H and O–H groups in total. The van der Waals surface area contributed by atoms with Gasteiger partial charge in [-0.2, -0.15) is 4.31 Å². The molecule has 0 amide bonds. The van der Waals surface area contributed by atoms with E-state index in [1.807, 2.05) is 36.4 Å². The number of sulfonamides is 1. The molecule has 25 heavy (non-hydrogen) atoms. The van der Waals surface area contributed by atoms with Crippen molar-refractivity contribution in [1.82, 2.24) is 14.3 Å². The second-order valence-electron chi connectivity index (χ2n) is 5.62. The number of hydrogen-bond donors (Lipinski definition) is 0. The van der Waals surface area contributed by atoms with Crippen LogP contribution >= 0.6 is 0 Å². The quantitative estimate of drug-likeness (QED) is 0.655. The van der Waals surface area contributed by atoms with Crippen molar-refractivity contribution in [2.45, 2.75) is 17.9 Å². The van der Waals surface area contributed by atoms with Crippen molar-refractivity contribution in [2.75, 3.05) is 6.54 Å². The van der Waals surface area contributed by atoms with E-state index in [1.165, 1.54) is 10.5 Å². The highest BCUT2D eigenvalue weighted by Crippen LogP contribution is 2.18. The summed E-state index contributed by atoms with van der Waals surface area (Å²) in [6, 6.07) is 16.7. The van der Waals surface area contributed by atoms with E-state index >= 15 is 0 Å². The van der Waals surface area contributed by atoms with Crippen LogP contribution in [-0.4, -0.2) is 29.2 Å². The SMILES string of the molecule is O=S(=O)(c1cccnc1)N(CCc1ccccc1)Cc1cccnc1. The molecule has 0 spiro atoms. The van der Waals surface area contributed by atoms with E-state index in [1.54, 1.807) is 36.8 Å². The van der Waals surface area contributed by atoms with Crippen LogP contribution in [-0.2, 0) is 23.0 Å². The van der Waals surface area contributed by atoms with Crippen LogP contribution in [0.2, 0.25) is 0 Å². The molecule has 0 atom stereocenters. The van der Waals surface area contributed by atoms with E-state index in [0.29, 0.717) is 13.0 Å². The zero-order valence-electron chi connectivity index (χ0n) is 13.7. The molecule has 0 aliphatic carbocycles. The molecule has 0 bridgehead atoms. The van der Waals surface area contributed by atoms with Gasteiger partial charge in [0.25, 0.3) is 0 Å². The molecule has 1 aromatic carbocycles. The lowest BCUT2D eigenvalue weighted by atomic mass is 10.1. The Morgan fingerprint density at radius 3 is 2.12 bits per heavy atom. The van der Waals surface area contributed by atoms with E-state index in [4.69, 9.17) is 0 Å². The molecule has 6 heteroatoms. The van der Waals surface area contributed by atoms with Gasteiger partial charge in [-0.3, -0.25) is 9.97 Å². The van der Waals surface area contributed by atoms with Gasteiger partial charge in [-0.15, -0.1) is 0 Å². The average Bonchev–Trinajstić information content (AvgIpc) is 2.67. The summed E-state index contributed by atoms with van der Waals surface area (Å²) in [6.45, 7) is 0.661.